The first kappa shape index (κ1) is 24.5. The molecule has 0 fully saturated rings. The van der Waals surface area contributed by atoms with Crippen molar-refractivity contribution in [1.29, 1.82) is 0 Å². The highest BCUT2D eigenvalue weighted by molar-refractivity contribution is 5.71. The molecular formula is C16H21N3O9. The highest BCUT2D eigenvalue weighted by Gasteiger charge is 2.28. The van der Waals surface area contributed by atoms with E-state index >= 15 is 0 Å². The Morgan fingerprint density at radius 1 is 1.11 bits per heavy atom. The summed E-state index contributed by atoms with van der Waals surface area (Å²) in [5.41, 5.74) is 3.08. The number of rotatable bonds is 8. The van der Waals surface area contributed by atoms with E-state index in [9.17, 15) is 29.3 Å². The molecule has 12 nitrogen and oxygen atoms in total. The van der Waals surface area contributed by atoms with Crippen molar-refractivity contribution in [2.45, 2.75) is 33.0 Å². The van der Waals surface area contributed by atoms with E-state index in [1.807, 2.05) is 0 Å². The van der Waals surface area contributed by atoms with Gasteiger partial charge in [-0.25, -0.2) is 0 Å². The summed E-state index contributed by atoms with van der Waals surface area (Å²) in [7, 11) is 0. The Bertz CT molecular complexity index is 691. The van der Waals surface area contributed by atoms with E-state index in [0.717, 1.165) is 20.8 Å². The molecule has 1 aromatic rings. The maximum absolute atomic E-state index is 10.8. The zero-order valence-electron chi connectivity index (χ0n) is 15.4. The second kappa shape index (κ2) is 12.8. The van der Waals surface area contributed by atoms with Crippen LogP contribution in [-0.4, -0.2) is 47.9 Å². The van der Waals surface area contributed by atoms with Crippen molar-refractivity contribution in [1.82, 2.24) is 0 Å². The molecular weight excluding hydrogens is 378 g/mol. The van der Waals surface area contributed by atoms with Crippen LogP contribution >= 0.6 is 0 Å². The first-order chi connectivity index (χ1) is 13.1. The molecule has 0 aliphatic carbocycles. The summed E-state index contributed by atoms with van der Waals surface area (Å²) >= 11 is 0. The average molecular weight is 399 g/mol. The van der Waals surface area contributed by atoms with Crippen LogP contribution in [0.15, 0.2) is 24.3 Å². The van der Waals surface area contributed by atoms with Gasteiger partial charge in [-0.05, 0) is 12.1 Å². The molecule has 2 atom stereocenters. The highest BCUT2D eigenvalue weighted by atomic mass is 16.6. The van der Waals surface area contributed by atoms with Crippen LogP contribution in [0.1, 0.15) is 20.8 Å². The zero-order valence-corrected chi connectivity index (χ0v) is 15.4. The van der Waals surface area contributed by atoms with Crippen molar-refractivity contribution in [2.75, 3.05) is 12.0 Å². The Morgan fingerprint density at radius 2 is 1.64 bits per heavy atom. The van der Waals surface area contributed by atoms with E-state index in [-0.39, 0.29) is 12.3 Å². The van der Waals surface area contributed by atoms with Crippen molar-refractivity contribution >= 4 is 35.6 Å². The summed E-state index contributed by atoms with van der Waals surface area (Å²) in [6, 6.07) is 5.85. The number of benzene rings is 1. The standard InChI is InChI=1S/C10H14O7.C6H7N3O2/c1-6(12)15-5-10(17-8(3)14)9(4-11)16-7(2)13;7-8-5-1-3-6(4-2-5)9(10)11/h4,9-10H,5H2,1-3H3;1-4,8H,7H2/t9-,10+;/m0./s1. The average Bonchev–Trinajstić information content (AvgIpc) is 2.63. The van der Waals surface area contributed by atoms with Crippen molar-refractivity contribution < 1.29 is 38.3 Å². The number of nitro benzene ring substituents is 1. The van der Waals surface area contributed by atoms with Crippen LogP contribution in [0.2, 0.25) is 0 Å². The number of non-ortho nitro benzene ring substituents is 1. The largest absolute Gasteiger partial charge is 0.462 e. The van der Waals surface area contributed by atoms with E-state index in [4.69, 9.17) is 10.6 Å². The van der Waals surface area contributed by atoms with Crippen LogP contribution in [0.5, 0.6) is 0 Å². The zero-order chi connectivity index (χ0) is 21.7. The Morgan fingerprint density at radius 3 is 2.00 bits per heavy atom. The SMILES string of the molecule is CC(=O)OC[C@@H](OC(C)=O)[C@H](C=O)OC(C)=O.NNc1ccc([N+](=O)[O-])cc1. The lowest BCUT2D eigenvalue weighted by molar-refractivity contribution is -0.384. The lowest BCUT2D eigenvalue weighted by Crippen LogP contribution is -2.39. The van der Waals surface area contributed by atoms with Crippen LogP contribution in [0.3, 0.4) is 0 Å². The van der Waals surface area contributed by atoms with Gasteiger partial charge in [0.05, 0.1) is 4.92 Å². The number of nitrogens with zero attached hydrogens (tertiary/aromatic N) is 1. The van der Waals surface area contributed by atoms with Gasteiger partial charge in [-0.15, -0.1) is 0 Å². The van der Waals surface area contributed by atoms with E-state index in [0.29, 0.717) is 12.0 Å². The summed E-state index contributed by atoms with van der Waals surface area (Å²) in [5.74, 6) is 3.07. The predicted molar refractivity (Wildman–Crippen MR) is 94.7 cm³/mol. The third-order valence-electron chi connectivity index (χ3n) is 2.82. The number of nitrogens with two attached hydrogens (primary N) is 1. The maximum Gasteiger partial charge on any atom is 0.303 e. The Balaban J connectivity index is 0.000000567. The molecule has 12 heteroatoms. The van der Waals surface area contributed by atoms with Crippen molar-refractivity contribution in [2.24, 2.45) is 5.84 Å². The van der Waals surface area contributed by atoms with Gasteiger partial charge < -0.3 is 19.6 Å². The molecule has 0 saturated heterocycles. The van der Waals surface area contributed by atoms with Gasteiger partial charge in [0.15, 0.2) is 18.5 Å². The first-order valence-electron chi connectivity index (χ1n) is 7.74. The number of hydrazine groups is 1. The summed E-state index contributed by atoms with van der Waals surface area (Å²) in [6.45, 7) is 3.03. The van der Waals surface area contributed by atoms with Crippen molar-refractivity contribution in [3.63, 3.8) is 0 Å². The first-order valence-corrected chi connectivity index (χ1v) is 7.74. The topological polar surface area (TPSA) is 177 Å². The lowest BCUT2D eigenvalue weighted by Gasteiger charge is -2.21. The van der Waals surface area contributed by atoms with Crippen molar-refractivity contribution in [3.05, 3.63) is 34.4 Å². The molecule has 0 heterocycles. The number of carbonyl (C=O) groups is 4. The van der Waals surface area contributed by atoms with E-state index < -0.39 is 35.0 Å². The quantitative estimate of drug-likeness (QED) is 0.155. The van der Waals surface area contributed by atoms with Crippen LogP contribution < -0.4 is 11.3 Å². The van der Waals surface area contributed by atoms with Crippen LogP contribution in [0, 0.1) is 10.1 Å². The second-order valence-corrected chi connectivity index (χ2v) is 5.11. The molecule has 0 bridgehead atoms. The van der Waals surface area contributed by atoms with Crippen molar-refractivity contribution in [3.8, 4) is 0 Å². The Labute approximate surface area is 160 Å². The molecule has 3 N–H and O–H groups in total. The summed E-state index contributed by atoms with van der Waals surface area (Å²) < 4.78 is 14.0. The smallest absolute Gasteiger partial charge is 0.303 e. The fraction of sp³-hybridized carbons (Fsp3) is 0.375. The molecule has 1 aromatic carbocycles. The Hall–Kier alpha value is -3.54. The van der Waals surface area contributed by atoms with Gasteiger partial charge in [0.1, 0.15) is 6.61 Å². The van der Waals surface area contributed by atoms with Gasteiger partial charge in [0.25, 0.3) is 5.69 Å². The van der Waals surface area contributed by atoms with Gasteiger partial charge in [0.2, 0.25) is 0 Å². The number of carbonyl (C=O) groups excluding carboxylic acids is 4. The normalized spacial score (nSPS) is 11.6. The molecule has 0 saturated carbocycles. The van der Waals surface area contributed by atoms with Gasteiger partial charge in [-0.1, -0.05) is 0 Å². The van der Waals surface area contributed by atoms with E-state index in [1.54, 1.807) is 0 Å². The fourth-order valence-corrected chi connectivity index (χ4v) is 1.67. The molecule has 28 heavy (non-hydrogen) atoms. The van der Waals surface area contributed by atoms with Gasteiger partial charge in [0, 0.05) is 38.6 Å². The Kier molecular flexibility index (Phi) is 11.1. The summed E-state index contributed by atoms with van der Waals surface area (Å²) in [4.78, 5) is 52.5. The minimum Gasteiger partial charge on any atom is -0.462 e. The molecule has 0 aliphatic heterocycles. The van der Waals surface area contributed by atoms with Crippen LogP contribution in [0.4, 0.5) is 11.4 Å². The van der Waals surface area contributed by atoms with Crippen LogP contribution in [-0.2, 0) is 33.4 Å². The number of nitrogen functional groups attached to an aromatic ring is 1. The van der Waals surface area contributed by atoms with E-state index in [1.165, 1.54) is 24.3 Å². The molecule has 0 spiro atoms. The van der Waals surface area contributed by atoms with Crippen LogP contribution in [0.25, 0.3) is 0 Å². The number of anilines is 1. The molecule has 0 aliphatic rings. The fourth-order valence-electron chi connectivity index (χ4n) is 1.67. The number of ether oxygens (including phenoxy) is 3. The third-order valence-corrected chi connectivity index (χ3v) is 2.82. The van der Waals surface area contributed by atoms with Gasteiger partial charge in [-0.2, -0.15) is 0 Å². The number of nitro groups is 1. The predicted octanol–water partition coefficient (Wildman–Crippen LogP) is 0.492. The monoisotopic (exact) mass is 399 g/mol. The summed E-state index contributed by atoms with van der Waals surface area (Å²) in [5, 5.41) is 10.2. The number of esters is 3. The minimum atomic E-state index is -1.30. The molecule has 154 valence electrons. The molecule has 0 unspecified atom stereocenters. The second-order valence-electron chi connectivity index (χ2n) is 5.11. The lowest BCUT2D eigenvalue weighted by atomic mass is 10.2. The highest BCUT2D eigenvalue weighted by Crippen LogP contribution is 2.13. The van der Waals surface area contributed by atoms with Gasteiger partial charge in [-0.3, -0.25) is 35.1 Å². The molecule has 0 aromatic heterocycles. The maximum atomic E-state index is 10.8. The minimum absolute atomic E-state index is 0.0593. The molecule has 1 rings (SSSR count). The number of aldehydes is 1. The number of hydrogen-bond acceptors (Lipinski definition) is 11. The third kappa shape index (κ3) is 10.5. The molecule has 0 radical (unpaired) electrons. The number of hydrogen-bond donors (Lipinski definition) is 2. The number of nitrogens with one attached hydrogen (secondary N) is 1. The molecule has 0 amide bonds. The summed E-state index contributed by atoms with van der Waals surface area (Å²) in [6.07, 6.45) is -2.13. The van der Waals surface area contributed by atoms with Gasteiger partial charge >= 0.3 is 17.9 Å². The van der Waals surface area contributed by atoms with E-state index in [2.05, 4.69) is 14.9 Å².